The van der Waals surface area contributed by atoms with Crippen molar-refractivity contribution in [3.63, 3.8) is 0 Å². The van der Waals surface area contributed by atoms with Crippen molar-refractivity contribution in [3.8, 4) is 0 Å². The van der Waals surface area contributed by atoms with Crippen LogP contribution in [0.4, 0.5) is 0 Å². The van der Waals surface area contributed by atoms with E-state index in [1.165, 1.54) is 0 Å². The van der Waals surface area contributed by atoms with E-state index in [0.717, 1.165) is 18.0 Å². The van der Waals surface area contributed by atoms with E-state index in [-0.39, 0.29) is 0 Å². The molecule has 0 saturated heterocycles. The molecule has 0 bridgehead atoms. The maximum absolute atomic E-state index is 4.19. The molecule has 0 aliphatic carbocycles. The maximum Gasteiger partial charge on any atom is 0.0793 e. The van der Waals surface area contributed by atoms with Gasteiger partial charge < -0.3 is 5.43 Å². The fraction of sp³-hybridized carbons (Fsp3) is 0.625. The monoisotopic (exact) mass is 155 g/mol. The molecule has 0 aromatic heterocycles. The van der Waals surface area contributed by atoms with Gasteiger partial charge in [-0.05, 0) is 13.8 Å². The lowest BCUT2D eigenvalue weighted by molar-refractivity contribution is 0.618. The van der Waals surface area contributed by atoms with E-state index in [4.69, 9.17) is 0 Å². The molecule has 0 rings (SSSR count). The number of nitrogens with zero attached hydrogens (tertiary/aromatic N) is 1. The van der Waals surface area contributed by atoms with Crippen LogP contribution >= 0.6 is 0 Å². The average Bonchev–Trinajstić information content (AvgIpc) is 1.97. The molecular formula is C8H17N3. The molecule has 0 saturated carbocycles. The predicted molar refractivity (Wildman–Crippen MR) is 49.6 cm³/mol. The lowest BCUT2D eigenvalue weighted by atomic mass is 10.4. The average molecular weight is 155 g/mol. The Morgan fingerprint density at radius 1 is 1.45 bits per heavy atom. The van der Waals surface area contributed by atoms with Crippen LogP contribution in [0.2, 0.25) is 0 Å². The third-order valence-electron chi connectivity index (χ3n) is 1.03. The molecule has 0 radical (unpaired) electrons. The summed E-state index contributed by atoms with van der Waals surface area (Å²) >= 11 is 0. The van der Waals surface area contributed by atoms with Gasteiger partial charge in [0.2, 0.25) is 0 Å². The summed E-state index contributed by atoms with van der Waals surface area (Å²) in [5.41, 5.74) is 7.86. The third kappa shape index (κ3) is 7.06. The highest BCUT2D eigenvalue weighted by Crippen LogP contribution is 1.84. The van der Waals surface area contributed by atoms with Gasteiger partial charge in [-0.1, -0.05) is 13.5 Å². The summed E-state index contributed by atoms with van der Waals surface area (Å²) in [5, 5.41) is 0. The van der Waals surface area contributed by atoms with Crippen molar-refractivity contribution in [2.45, 2.75) is 20.8 Å². The van der Waals surface area contributed by atoms with Crippen molar-refractivity contribution in [2.24, 2.45) is 4.99 Å². The van der Waals surface area contributed by atoms with Crippen molar-refractivity contribution in [1.29, 1.82) is 0 Å². The van der Waals surface area contributed by atoms with Gasteiger partial charge in [-0.2, -0.15) is 0 Å². The van der Waals surface area contributed by atoms with Gasteiger partial charge in [0, 0.05) is 18.0 Å². The Bertz CT molecular complexity index is 145. The second kappa shape index (κ2) is 5.92. The number of hydrogen-bond donors (Lipinski definition) is 2. The highest BCUT2D eigenvalue weighted by Gasteiger charge is 1.87. The molecule has 0 aliphatic rings. The summed E-state index contributed by atoms with van der Waals surface area (Å²) < 4.78 is 0. The number of nitrogens with one attached hydrogen (secondary N) is 2. The molecule has 0 atom stereocenters. The Balaban J connectivity index is 3.45. The van der Waals surface area contributed by atoms with Gasteiger partial charge >= 0.3 is 0 Å². The van der Waals surface area contributed by atoms with Crippen LogP contribution in [-0.4, -0.2) is 18.8 Å². The number of hydrazine groups is 1. The smallest absolute Gasteiger partial charge is 0.0793 e. The molecule has 2 N–H and O–H groups in total. The Hall–Kier alpha value is -0.830. The summed E-state index contributed by atoms with van der Waals surface area (Å²) in [5.74, 6) is 0. The normalized spacial score (nSPS) is 9.00. The van der Waals surface area contributed by atoms with Crippen molar-refractivity contribution in [1.82, 2.24) is 10.9 Å². The van der Waals surface area contributed by atoms with E-state index in [9.17, 15) is 0 Å². The Morgan fingerprint density at radius 2 is 2.09 bits per heavy atom. The van der Waals surface area contributed by atoms with Gasteiger partial charge in [0.15, 0.2) is 0 Å². The number of rotatable bonds is 5. The molecule has 0 unspecified atom stereocenters. The lowest BCUT2D eigenvalue weighted by Gasteiger charge is -2.06. The molecule has 11 heavy (non-hydrogen) atoms. The van der Waals surface area contributed by atoms with Crippen LogP contribution in [-0.2, 0) is 0 Å². The largest absolute Gasteiger partial charge is 0.324 e. The summed E-state index contributed by atoms with van der Waals surface area (Å²) in [6.07, 6.45) is 0. The first-order valence-corrected chi connectivity index (χ1v) is 3.81. The fourth-order valence-corrected chi connectivity index (χ4v) is 0.506. The van der Waals surface area contributed by atoms with Crippen LogP contribution in [0.5, 0.6) is 0 Å². The van der Waals surface area contributed by atoms with Gasteiger partial charge in [-0.15, -0.1) is 0 Å². The number of aliphatic imine (C=N–C) groups is 1. The molecule has 3 nitrogen and oxygen atoms in total. The quantitative estimate of drug-likeness (QED) is 0.460. The number of hydrogen-bond acceptors (Lipinski definition) is 3. The second-order valence-electron chi connectivity index (χ2n) is 2.52. The van der Waals surface area contributed by atoms with E-state index >= 15 is 0 Å². The Morgan fingerprint density at radius 3 is 2.55 bits per heavy atom. The zero-order chi connectivity index (χ0) is 8.69. The van der Waals surface area contributed by atoms with E-state index in [0.29, 0.717) is 6.54 Å². The van der Waals surface area contributed by atoms with Crippen LogP contribution in [0.1, 0.15) is 20.8 Å². The summed E-state index contributed by atoms with van der Waals surface area (Å²) in [6, 6.07) is 0. The summed E-state index contributed by atoms with van der Waals surface area (Å²) in [4.78, 5) is 4.19. The molecule has 0 aliphatic heterocycles. The van der Waals surface area contributed by atoms with Gasteiger partial charge in [0.25, 0.3) is 0 Å². The van der Waals surface area contributed by atoms with Crippen molar-refractivity contribution in [3.05, 3.63) is 12.3 Å². The molecule has 0 amide bonds. The minimum absolute atomic E-state index is 0.648. The molecule has 0 heterocycles. The van der Waals surface area contributed by atoms with Gasteiger partial charge in [0.1, 0.15) is 0 Å². The zero-order valence-electron chi connectivity index (χ0n) is 7.57. The van der Waals surface area contributed by atoms with Crippen LogP contribution in [0, 0.1) is 0 Å². The first-order valence-electron chi connectivity index (χ1n) is 3.81. The van der Waals surface area contributed by atoms with Gasteiger partial charge in [-0.25, -0.2) is 5.43 Å². The highest BCUT2D eigenvalue weighted by atomic mass is 15.4. The topological polar surface area (TPSA) is 36.4 Å². The van der Waals surface area contributed by atoms with Gasteiger partial charge in [-0.3, -0.25) is 4.99 Å². The third-order valence-corrected chi connectivity index (χ3v) is 1.03. The SMILES string of the molecule is C=C(CN=C(C)C)NNCC. The molecule has 0 fully saturated rings. The lowest BCUT2D eigenvalue weighted by Crippen LogP contribution is -2.31. The van der Waals surface area contributed by atoms with E-state index in [2.05, 4.69) is 22.4 Å². The minimum Gasteiger partial charge on any atom is -0.324 e. The molecule has 64 valence electrons. The molecular weight excluding hydrogens is 138 g/mol. The van der Waals surface area contributed by atoms with Gasteiger partial charge in [0.05, 0.1) is 6.54 Å². The highest BCUT2D eigenvalue weighted by molar-refractivity contribution is 5.79. The first kappa shape index (κ1) is 10.2. The molecule has 0 aromatic rings. The molecule has 0 spiro atoms. The fourth-order valence-electron chi connectivity index (χ4n) is 0.506. The van der Waals surface area contributed by atoms with E-state index in [1.54, 1.807) is 0 Å². The maximum atomic E-state index is 4.19. The predicted octanol–water partition coefficient (Wildman–Crippen LogP) is 1.10. The zero-order valence-corrected chi connectivity index (χ0v) is 7.57. The van der Waals surface area contributed by atoms with Crippen molar-refractivity contribution < 1.29 is 0 Å². The summed E-state index contributed by atoms with van der Waals surface area (Å²) in [7, 11) is 0. The Kier molecular flexibility index (Phi) is 5.47. The van der Waals surface area contributed by atoms with Crippen molar-refractivity contribution in [2.75, 3.05) is 13.1 Å². The van der Waals surface area contributed by atoms with Crippen LogP contribution in [0.3, 0.4) is 0 Å². The van der Waals surface area contributed by atoms with Crippen LogP contribution in [0.25, 0.3) is 0 Å². The molecule has 3 heteroatoms. The standard InChI is InChI=1S/C8H17N3/c1-5-10-11-8(4)6-9-7(2)3/h10-11H,4-6H2,1-3H3. The Labute approximate surface area is 68.6 Å². The van der Waals surface area contributed by atoms with Crippen LogP contribution in [0.15, 0.2) is 17.3 Å². The first-order chi connectivity index (χ1) is 5.16. The van der Waals surface area contributed by atoms with E-state index in [1.807, 2.05) is 20.8 Å². The minimum atomic E-state index is 0.648. The molecule has 0 aromatic carbocycles. The van der Waals surface area contributed by atoms with E-state index < -0.39 is 0 Å². The van der Waals surface area contributed by atoms with Crippen LogP contribution < -0.4 is 10.9 Å². The second-order valence-corrected chi connectivity index (χ2v) is 2.52. The van der Waals surface area contributed by atoms with Crippen molar-refractivity contribution >= 4 is 5.71 Å². The summed E-state index contributed by atoms with van der Waals surface area (Å²) in [6.45, 7) is 11.3.